The fourth-order valence-corrected chi connectivity index (χ4v) is 4.27. The summed E-state index contributed by atoms with van der Waals surface area (Å²) >= 11 is 12.4. The molecule has 2 aromatic heterocycles. The molecule has 1 unspecified atom stereocenters. The minimum absolute atomic E-state index is 0.0329. The van der Waals surface area contributed by atoms with Gasteiger partial charge in [-0.15, -0.1) is 0 Å². The van der Waals surface area contributed by atoms with Crippen molar-refractivity contribution in [2.24, 2.45) is 0 Å². The van der Waals surface area contributed by atoms with Gasteiger partial charge >= 0.3 is 0 Å². The second-order valence-electron chi connectivity index (χ2n) is 7.38. The molecule has 5 nitrogen and oxygen atoms in total. The van der Waals surface area contributed by atoms with E-state index in [4.69, 9.17) is 32.7 Å². The van der Waals surface area contributed by atoms with Gasteiger partial charge in [-0.2, -0.15) is 5.10 Å². The third kappa shape index (κ3) is 4.31. The molecule has 1 saturated heterocycles. The average molecular weight is 450 g/mol. The first-order valence-corrected chi connectivity index (χ1v) is 10.6. The predicted molar refractivity (Wildman–Crippen MR) is 115 cm³/mol. The summed E-state index contributed by atoms with van der Waals surface area (Å²) in [6.07, 6.45) is 7.00. The van der Waals surface area contributed by atoms with Crippen molar-refractivity contribution < 1.29 is 13.9 Å². The minimum Gasteiger partial charge on any atom is -0.484 e. The molecule has 1 fully saturated rings. The number of aryl methyl sites for hydroxylation is 1. The zero-order valence-electron chi connectivity index (χ0n) is 16.7. The highest BCUT2D eigenvalue weighted by Gasteiger charge is 2.21. The van der Waals surface area contributed by atoms with Crippen LogP contribution in [0.3, 0.4) is 0 Å². The Morgan fingerprint density at radius 1 is 1.20 bits per heavy atom. The van der Waals surface area contributed by atoms with Crippen molar-refractivity contribution in [1.29, 1.82) is 0 Å². The fourth-order valence-electron chi connectivity index (χ4n) is 3.59. The molecule has 0 N–H and O–H groups in total. The Balaban J connectivity index is 1.58. The molecule has 1 aliphatic rings. The zero-order chi connectivity index (χ0) is 21.3. The molecule has 30 heavy (non-hydrogen) atoms. The number of aromatic nitrogens is 3. The van der Waals surface area contributed by atoms with Crippen LogP contribution in [0.5, 0.6) is 5.75 Å². The molecular formula is C22H22Cl2FN3O2. The summed E-state index contributed by atoms with van der Waals surface area (Å²) in [5.74, 6) is 0.0471. The van der Waals surface area contributed by atoms with Gasteiger partial charge in [0.15, 0.2) is 0 Å². The van der Waals surface area contributed by atoms with Crippen molar-refractivity contribution in [2.45, 2.75) is 38.8 Å². The predicted octanol–water partition coefficient (Wildman–Crippen LogP) is 6.19. The van der Waals surface area contributed by atoms with Gasteiger partial charge in [0.1, 0.15) is 17.7 Å². The van der Waals surface area contributed by atoms with E-state index >= 15 is 0 Å². The van der Waals surface area contributed by atoms with Gasteiger partial charge in [-0.25, -0.2) is 4.39 Å². The first-order valence-electron chi connectivity index (χ1n) is 9.83. The molecule has 0 aliphatic carbocycles. The summed E-state index contributed by atoms with van der Waals surface area (Å²) in [6.45, 7) is 5.15. The molecular weight excluding hydrogens is 428 g/mol. The molecule has 1 aliphatic heterocycles. The van der Waals surface area contributed by atoms with E-state index < -0.39 is 11.9 Å². The summed E-state index contributed by atoms with van der Waals surface area (Å²) in [5, 5.41) is 4.85. The van der Waals surface area contributed by atoms with Crippen LogP contribution in [-0.2, 0) is 4.74 Å². The molecule has 8 heteroatoms. The molecule has 0 radical (unpaired) electrons. The third-order valence-electron chi connectivity index (χ3n) is 5.33. The van der Waals surface area contributed by atoms with Crippen LogP contribution in [0.2, 0.25) is 10.0 Å². The van der Waals surface area contributed by atoms with E-state index in [-0.39, 0.29) is 5.02 Å². The average Bonchev–Trinajstić information content (AvgIpc) is 3.24. The lowest BCUT2D eigenvalue weighted by Gasteiger charge is -2.22. The Morgan fingerprint density at radius 2 is 1.97 bits per heavy atom. The summed E-state index contributed by atoms with van der Waals surface area (Å²) in [6, 6.07) is 4.97. The Labute approximate surface area is 184 Å². The van der Waals surface area contributed by atoms with Crippen LogP contribution in [0, 0.1) is 12.7 Å². The maximum atomic E-state index is 13.9. The fraction of sp³-hybridized carbons (Fsp3) is 0.364. The number of hydrogen-bond acceptors (Lipinski definition) is 4. The molecule has 0 amide bonds. The molecule has 1 aromatic carbocycles. The monoisotopic (exact) mass is 449 g/mol. The first kappa shape index (κ1) is 21.1. The lowest BCUT2D eigenvalue weighted by Crippen LogP contribution is -2.19. The molecule has 0 bridgehead atoms. The minimum atomic E-state index is -0.554. The van der Waals surface area contributed by atoms with Gasteiger partial charge < -0.3 is 9.47 Å². The van der Waals surface area contributed by atoms with Crippen molar-refractivity contribution >= 4 is 23.2 Å². The molecule has 0 saturated carbocycles. The van der Waals surface area contributed by atoms with E-state index in [1.165, 1.54) is 12.1 Å². The number of pyridine rings is 1. The Kier molecular flexibility index (Phi) is 6.27. The molecule has 1 atom stereocenters. The maximum absolute atomic E-state index is 13.9. The Hall–Kier alpha value is -2.15. The van der Waals surface area contributed by atoms with Crippen LogP contribution in [0.15, 0.2) is 36.8 Å². The largest absolute Gasteiger partial charge is 0.484 e. The number of benzene rings is 1. The van der Waals surface area contributed by atoms with Crippen LogP contribution in [0.25, 0.3) is 11.1 Å². The van der Waals surface area contributed by atoms with Gasteiger partial charge in [0.25, 0.3) is 0 Å². The lowest BCUT2D eigenvalue weighted by molar-refractivity contribution is 0.0662. The van der Waals surface area contributed by atoms with Crippen molar-refractivity contribution in [2.75, 3.05) is 13.2 Å². The van der Waals surface area contributed by atoms with Crippen molar-refractivity contribution in [3.63, 3.8) is 0 Å². The first-order chi connectivity index (χ1) is 14.4. The van der Waals surface area contributed by atoms with Crippen LogP contribution in [-0.4, -0.2) is 28.0 Å². The SMILES string of the molecule is Cc1ncc(-c2cnn(C3CCOCC3)c2)cc1OC(C)c1c(Cl)ccc(F)c1Cl. The summed E-state index contributed by atoms with van der Waals surface area (Å²) < 4.78 is 27.4. The van der Waals surface area contributed by atoms with Crippen LogP contribution < -0.4 is 4.74 Å². The number of nitrogens with zero attached hydrogens (tertiary/aromatic N) is 3. The second-order valence-corrected chi connectivity index (χ2v) is 8.16. The molecule has 4 rings (SSSR count). The highest BCUT2D eigenvalue weighted by atomic mass is 35.5. The molecule has 3 heterocycles. The van der Waals surface area contributed by atoms with E-state index in [0.29, 0.717) is 28.1 Å². The third-order valence-corrected chi connectivity index (χ3v) is 6.04. The van der Waals surface area contributed by atoms with E-state index in [1.54, 1.807) is 13.1 Å². The maximum Gasteiger partial charge on any atom is 0.142 e. The van der Waals surface area contributed by atoms with Gasteiger partial charge in [-0.05, 0) is 44.9 Å². The van der Waals surface area contributed by atoms with E-state index in [9.17, 15) is 4.39 Å². The second kappa shape index (κ2) is 8.92. The number of ether oxygens (including phenoxy) is 2. The molecule has 0 spiro atoms. The topological polar surface area (TPSA) is 49.2 Å². The normalized spacial score (nSPS) is 15.9. The zero-order valence-corrected chi connectivity index (χ0v) is 18.3. The number of hydrogen-bond donors (Lipinski definition) is 0. The van der Waals surface area contributed by atoms with Gasteiger partial charge in [-0.1, -0.05) is 23.2 Å². The molecule has 158 valence electrons. The molecule has 3 aromatic rings. The van der Waals surface area contributed by atoms with Crippen molar-refractivity contribution in [3.8, 4) is 16.9 Å². The van der Waals surface area contributed by atoms with Gasteiger partial charge in [-0.3, -0.25) is 9.67 Å². The quantitative estimate of drug-likeness (QED) is 0.435. The standard InChI is InChI=1S/C22H22Cl2FN3O2/c1-13-20(30-14(2)21-18(23)3-4-19(25)22(21)24)9-15(10-26-13)16-11-27-28(12-16)17-5-7-29-8-6-17/h3-4,9-12,14,17H,5-8H2,1-2H3. The van der Waals surface area contributed by atoms with Crippen LogP contribution in [0.1, 0.15) is 43.2 Å². The highest BCUT2D eigenvalue weighted by molar-refractivity contribution is 6.36. The van der Waals surface area contributed by atoms with Gasteiger partial charge in [0.2, 0.25) is 0 Å². The van der Waals surface area contributed by atoms with Crippen LogP contribution in [0.4, 0.5) is 4.39 Å². The van der Waals surface area contributed by atoms with E-state index in [2.05, 4.69) is 10.1 Å². The summed E-state index contributed by atoms with van der Waals surface area (Å²) in [4.78, 5) is 4.46. The van der Waals surface area contributed by atoms with Crippen LogP contribution >= 0.6 is 23.2 Å². The number of halogens is 3. The lowest BCUT2D eigenvalue weighted by atomic mass is 10.1. The van der Waals surface area contributed by atoms with E-state index in [0.717, 1.165) is 37.2 Å². The Bertz CT molecular complexity index is 1050. The summed E-state index contributed by atoms with van der Waals surface area (Å²) in [5.41, 5.74) is 2.97. The number of rotatable bonds is 5. The van der Waals surface area contributed by atoms with E-state index in [1.807, 2.05) is 30.1 Å². The van der Waals surface area contributed by atoms with Crippen molar-refractivity contribution in [1.82, 2.24) is 14.8 Å². The smallest absolute Gasteiger partial charge is 0.142 e. The highest BCUT2D eigenvalue weighted by Crippen LogP contribution is 2.36. The van der Waals surface area contributed by atoms with Gasteiger partial charge in [0.05, 0.1) is 23.0 Å². The van der Waals surface area contributed by atoms with Crippen molar-refractivity contribution in [3.05, 3.63) is 63.9 Å². The summed E-state index contributed by atoms with van der Waals surface area (Å²) in [7, 11) is 0. The van der Waals surface area contributed by atoms with Gasteiger partial charge in [0, 0.05) is 47.3 Å². The Morgan fingerprint density at radius 3 is 2.73 bits per heavy atom.